The highest BCUT2D eigenvalue weighted by Crippen LogP contribution is 2.46. The highest BCUT2D eigenvalue weighted by molar-refractivity contribution is 7.26. The molecule has 0 atom stereocenters. The third-order valence-corrected chi connectivity index (χ3v) is 12.4. The summed E-state index contributed by atoms with van der Waals surface area (Å²) in [5, 5.41) is 5.08. The summed E-state index contributed by atoms with van der Waals surface area (Å²) in [5.41, 5.74) is 14.0. The van der Waals surface area contributed by atoms with E-state index in [0.29, 0.717) is 0 Å². The average Bonchev–Trinajstić information content (AvgIpc) is 3.83. The SMILES string of the molecule is c1ccc(-c2cc(-c3cccc4c3sc3ccccc34)ccc2N(c2ccccc2)c2ccc3c4ccccc4n(-c4ccccc4-c4ccccc4)c3c2)cc1. The van der Waals surface area contributed by atoms with E-state index in [4.69, 9.17) is 0 Å². The molecular formula is C54H36N2S. The van der Waals surface area contributed by atoms with E-state index in [-0.39, 0.29) is 0 Å². The number of hydrogen-bond acceptors (Lipinski definition) is 2. The molecule has 0 radical (unpaired) electrons. The zero-order valence-corrected chi connectivity index (χ0v) is 31.9. The van der Waals surface area contributed by atoms with Gasteiger partial charge in [-0.25, -0.2) is 0 Å². The number of hydrogen-bond donors (Lipinski definition) is 0. The molecule has 0 saturated carbocycles. The summed E-state index contributed by atoms with van der Waals surface area (Å²) in [6, 6.07) is 79.4. The Balaban J connectivity index is 1.16. The predicted octanol–water partition coefficient (Wildman–Crippen LogP) is 15.6. The summed E-state index contributed by atoms with van der Waals surface area (Å²) in [6.45, 7) is 0. The number of fused-ring (bicyclic) bond motifs is 6. The molecule has 0 aliphatic rings. The molecule has 9 aromatic carbocycles. The summed E-state index contributed by atoms with van der Waals surface area (Å²) in [6.07, 6.45) is 0. The standard InChI is InChI=1S/C54H36N2S/c1-4-17-37(18-5-1)42-23-10-13-28-49(42)56-50-29-14-11-24-44(50)45-33-32-41(36-52(45)56)55(40-21-8-3-9-22-40)51-34-31-39(35-48(51)38-19-6-2-7-20-38)43-26-16-27-47-46-25-12-15-30-53(46)57-54(43)47/h1-36H. The van der Waals surface area contributed by atoms with Gasteiger partial charge in [-0.05, 0) is 76.9 Å². The number of benzene rings is 9. The number of para-hydroxylation sites is 3. The molecule has 2 nitrogen and oxygen atoms in total. The van der Waals surface area contributed by atoms with E-state index in [9.17, 15) is 0 Å². The van der Waals surface area contributed by atoms with Gasteiger partial charge in [0.25, 0.3) is 0 Å². The first kappa shape index (κ1) is 33.2. The smallest absolute Gasteiger partial charge is 0.0562 e. The van der Waals surface area contributed by atoms with Crippen LogP contribution in [0.25, 0.3) is 81.0 Å². The van der Waals surface area contributed by atoms with Crippen LogP contribution >= 0.6 is 11.3 Å². The number of anilines is 3. The van der Waals surface area contributed by atoms with Crippen molar-refractivity contribution in [2.45, 2.75) is 0 Å². The number of thiophene rings is 1. The average molecular weight is 745 g/mol. The molecule has 0 bridgehead atoms. The summed E-state index contributed by atoms with van der Waals surface area (Å²) in [5.74, 6) is 0. The van der Waals surface area contributed by atoms with Crippen LogP contribution in [0.2, 0.25) is 0 Å². The fraction of sp³-hybridized carbons (Fsp3) is 0. The van der Waals surface area contributed by atoms with E-state index in [2.05, 4.69) is 228 Å². The molecule has 268 valence electrons. The van der Waals surface area contributed by atoms with Gasteiger partial charge in [0.15, 0.2) is 0 Å². The van der Waals surface area contributed by atoms with Gasteiger partial charge in [-0.15, -0.1) is 11.3 Å². The van der Waals surface area contributed by atoms with Gasteiger partial charge >= 0.3 is 0 Å². The zero-order chi connectivity index (χ0) is 37.7. The van der Waals surface area contributed by atoms with Gasteiger partial charge in [0.1, 0.15) is 0 Å². The summed E-state index contributed by atoms with van der Waals surface area (Å²) in [4.78, 5) is 2.43. The second kappa shape index (κ2) is 13.8. The van der Waals surface area contributed by atoms with Crippen molar-refractivity contribution < 1.29 is 0 Å². The van der Waals surface area contributed by atoms with Crippen molar-refractivity contribution in [3.63, 3.8) is 0 Å². The Morgan fingerprint density at radius 2 is 0.965 bits per heavy atom. The lowest BCUT2D eigenvalue weighted by atomic mass is 9.95. The molecule has 0 fully saturated rings. The zero-order valence-electron chi connectivity index (χ0n) is 31.1. The highest BCUT2D eigenvalue weighted by Gasteiger charge is 2.22. The minimum absolute atomic E-state index is 1.09. The Labute approximate surface area is 335 Å². The summed E-state index contributed by atoms with van der Waals surface area (Å²) < 4.78 is 5.08. The van der Waals surface area contributed by atoms with Crippen LogP contribution in [0.4, 0.5) is 17.1 Å². The van der Waals surface area contributed by atoms with Crippen molar-refractivity contribution in [3.8, 4) is 39.1 Å². The Morgan fingerprint density at radius 3 is 1.77 bits per heavy atom. The molecule has 0 amide bonds. The molecule has 0 unspecified atom stereocenters. The molecular weight excluding hydrogens is 709 g/mol. The summed E-state index contributed by atoms with van der Waals surface area (Å²) >= 11 is 1.88. The Hall–Kier alpha value is -7.20. The quantitative estimate of drug-likeness (QED) is 0.158. The van der Waals surface area contributed by atoms with Crippen LogP contribution in [-0.2, 0) is 0 Å². The minimum Gasteiger partial charge on any atom is -0.310 e. The maximum atomic E-state index is 2.45. The van der Waals surface area contributed by atoms with Crippen LogP contribution in [0.3, 0.4) is 0 Å². The molecule has 11 rings (SSSR count). The first-order chi connectivity index (χ1) is 28.3. The molecule has 2 heterocycles. The summed E-state index contributed by atoms with van der Waals surface area (Å²) in [7, 11) is 0. The molecule has 0 aliphatic heterocycles. The Kier molecular flexibility index (Phi) is 8.04. The molecule has 0 aliphatic carbocycles. The van der Waals surface area contributed by atoms with Crippen molar-refractivity contribution in [3.05, 3.63) is 218 Å². The van der Waals surface area contributed by atoms with Crippen molar-refractivity contribution in [1.29, 1.82) is 0 Å². The lowest BCUT2D eigenvalue weighted by Crippen LogP contribution is -2.11. The molecule has 2 aromatic heterocycles. The maximum absolute atomic E-state index is 2.45. The van der Waals surface area contributed by atoms with E-state index < -0.39 is 0 Å². The number of rotatable bonds is 7. The minimum atomic E-state index is 1.09. The fourth-order valence-corrected chi connectivity index (χ4v) is 9.85. The highest BCUT2D eigenvalue weighted by atomic mass is 32.1. The van der Waals surface area contributed by atoms with Crippen LogP contribution < -0.4 is 4.90 Å². The van der Waals surface area contributed by atoms with Gasteiger partial charge in [0.05, 0.1) is 22.4 Å². The molecule has 0 saturated heterocycles. The van der Waals surface area contributed by atoms with E-state index in [0.717, 1.165) is 28.3 Å². The van der Waals surface area contributed by atoms with E-state index in [1.165, 1.54) is 69.8 Å². The third kappa shape index (κ3) is 5.63. The van der Waals surface area contributed by atoms with E-state index >= 15 is 0 Å². The second-order valence-electron chi connectivity index (χ2n) is 14.5. The topological polar surface area (TPSA) is 8.17 Å². The van der Waals surface area contributed by atoms with Crippen LogP contribution in [0.5, 0.6) is 0 Å². The van der Waals surface area contributed by atoms with Gasteiger partial charge in [-0.2, -0.15) is 0 Å². The maximum Gasteiger partial charge on any atom is 0.0562 e. The molecule has 57 heavy (non-hydrogen) atoms. The Bertz CT molecular complexity index is 3230. The third-order valence-electron chi connectivity index (χ3n) is 11.2. The van der Waals surface area contributed by atoms with Gasteiger partial charge in [0.2, 0.25) is 0 Å². The van der Waals surface area contributed by atoms with Crippen molar-refractivity contribution >= 4 is 70.4 Å². The van der Waals surface area contributed by atoms with Gasteiger partial charge in [0, 0.05) is 53.4 Å². The Morgan fingerprint density at radius 1 is 0.351 bits per heavy atom. The number of nitrogens with zero attached hydrogens (tertiary/aromatic N) is 2. The van der Waals surface area contributed by atoms with Crippen LogP contribution in [0, 0.1) is 0 Å². The molecule has 0 N–H and O–H groups in total. The van der Waals surface area contributed by atoms with E-state index in [1.54, 1.807) is 0 Å². The van der Waals surface area contributed by atoms with Gasteiger partial charge in [-0.3, -0.25) is 0 Å². The monoisotopic (exact) mass is 744 g/mol. The molecule has 0 spiro atoms. The molecule has 3 heteroatoms. The van der Waals surface area contributed by atoms with Crippen LogP contribution in [0.1, 0.15) is 0 Å². The lowest BCUT2D eigenvalue weighted by molar-refractivity contribution is 1.18. The van der Waals surface area contributed by atoms with Crippen LogP contribution in [-0.4, -0.2) is 4.57 Å². The van der Waals surface area contributed by atoms with Crippen molar-refractivity contribution in [2.75, 3.05) is 4.90 Å². The van der Waals surface area contributed by atoms with Gasteiger partial charge in [-0.1, -0.05) is 164 Å². The van der Waals surface area contributed by atoms with Crippen molar-refractivity contribution in [2.24, 2.45) is 0 Å². The van der Waals surface area contributed by atoms with Gasteiger partial charge < -0.3 is 9.47 Å². The second-order valence-corrected chi connectivity index (χ2v) is 15.5. The first-order valence-corrected chi connectivity index (χ1v) is 20.3. The first-order valence-electron chi connectivity index (χ1n) is 19.4. The number of aromatic nitrogens is 1. The van der Waals surface area contributed by atoms with Crippen LogP contribution in [0.15, 0.2) is 218 Å². The lowest BCUT2D eigenvalue weighted by Gasteiger charge is -2.28. The normalized spacial score (nSPS) is 11.5. The fourth-order valence-electron chi connectivity index (χ4n) is 8.61. The predicted molar refractivity (Wildman–Crippen MR) is 245 cm³/mol. The van der Waals surface area contributed by atoms with Crippen molar-refractivity contribution in [1.82, 2.24) is 4.57 Å². The van der Waals surface area contributed by atoms with E-state index in [1.807, 2.05) is 11.3 Å². The largest absolute Gasteiger partial charge is 0.310 e. The molecule has 11 aromatic rings.